The minimum Gasteiger partial charge on any atom is -0.495 e. The number of sulfonamides is 2. The first kappa shape index (κ1) is 26.7. The van der Waals surface area contributed by atoms with Crippen LogP contribution >= 0.6 is 22.9 Å². The summed E-state index contributed by atoms with van der Waals surface area (Å²) in [5.74, 6) is 0.175. The van der Waals surface area contributed by atoms with Gasteiger partial charge in [0, 0.05) is 18.1 Å². The van der Waals surface area contributed by atoms with Crippen molar-refractivity contribution in [2.24, 2.45) is 0 Å². The number of hydrogen-bond donors (Lipinski definition) is 1. The molecule has 13 heteroatoms. The smallest absolute Gasteiger partial charge is 0.308 e. The number of ether oxygens (including phenoxy) is 1. The van der Waals surface area contributed by atoms with Crippen molar-refractivity contribution in [2.75, 3.05) is 24.9 Å². The van der Waals surface area contributed by atoms with Crippen molar-refractivity contribution in [3.8, 4) is 5.75 Å². The van der Waals surface area contributed by atoms with Crippen molar-refractivity contribution in [3.05, 3.63) is 80.9 Å². The Morgan fingerprint density at radius 1 is 0.947 bits per heavy atom. The Bertz CT molecular complexity index is 1780. The maximum atomic E-state index is 13.3. The van der Waals surface area contributed by atoms with Crippen molar-refractivity contribution in [1.29, 1.82) is 0 Å². The van der Waals surface area contributed by atoms with E-state index < -0.39 is 20.0 Å². The molecule has 0 amide bonds. The molecule has 1 fully saturated rings. The second-order valence-corrected chi connectivity index (χ2v) is 13.8. The molecule has 0 aliphatic carbocycles. The molecule has 5 rings (SSSR count). The first-order valence-corrected chi connectivity index (χ1v) is 15.8. The minimum absolute atomic E-state index is 0.00126. The van der Waals surface area contributed by atoms with E-state index in [1.807, 2.05) is 12.1 Å². The molecule has 9 nitrogen and oxygen atoms in total. The third kappa shape index (κ3) is 5.19. The van der Waals surface area contributed by atoms with Gasteiger partial charge in [0.1, 0.15) is 5.75 Å². The first-order chi connectivity index (χ1) is 18.1. The third-order valence-electron chi connectivity index (χ3n) is 6.32. The van der Waals surface area contributed by atoms with Crippen molar-refractivity contribution in [1.82, 2.24) is 8.87 Å². The highest BCUT2D eigenvalue weighted by atomic mass is 35.5. The van der Waals surface area contributed by atoms with E-state index in [1.54, 1.807) is 22.8 Å². The number of thiazole rings is 1. The van der Waals surface area contributed by atoms with E-state index >= 15 is 0 Å². The van der Waals surface area contributed by atoms with E-state index in [1.165, 1.54) is 41.7 Å². The Morgan fingerprint density at radius 3 is 2.32 bits per heavy atom. The fraction of sp³-hybridized carbons (Fsp3) is 0.240. The average Bonchev–Trinajstić information content (AvgIpc) is 3.54. The van der Waals surface area contributed by atoms with E-state index in [2.05, 4.69) is 4.72 Å². The molecule has 0 radical (unpaired) electrons. The lowest BCUT2D eigenvalue weighted by molar-refractivity contribution is 0.416. The molecule has 1 aliphatic heterocycles. The van der Waals surface area contributed by atoms with Gasteiger partial charge in [0.15, 0.2) is 0 Å². The van der Waals surface area contributed by atoms with Crippen molar-refractivity contribution in [2.45, 2.75) is 29.2 Å². The molecule has 1 N–H and O–H groups in total. The van der Waals surface area contributed by atoms with Crippen molar-refractivity contribution in [3.63, 3.8) is 0 Å². The minimum atomic E-state index is -4.14. The summed E-state index contributed by atoms with van der Waals surface area (Å²) in [6.45, 7) is 1.17. The highest BCUT2D eigenvalue weighted by molar-refractivity contribution is 7.92. The predicted molar refractivity (Wildman–Crippen MR) is 148 cm³/mol. The van der Waals surface area contributed by atoms with Crippen LogP contribution in [0.15, 0.2) is 75.2 Å². The second-order valence-electron chi connectivity index (χ2n) is 8.79. The third-order valence-corrected chi connectivity index (χ3v) is 10.8. The van der Waals surface area contributed by atoms with Gasteiger partial charge in [0.2, 0.25) is 10.0 Å². The first-order valence-electron chi connectivity index (χ1n) is 11.7. The largest absolute Gasteiger partial charge is 0.495 e. The molecular formula is C25H24ClN3O6S3. The van der Waals surface area contributed by atoms with E-state index in [0.717, 1.165) is 29.7 Å². The standard InChI is InChI=1S/C25H24ClN3O6S3/c1-35-23-11-9-20(38(33,34)28-12-2-3-13-28)14-21(23)27-37(31,32)19-8-10-22-24(15-19)36-25(30)29(22)16-17-4-6-18(26)7-5-17/h4-11,14-15,27H,2-3,12-13,16H2,1H3. The Hall–Kier alpha value is -2.90. The second kappa shape index (κ2) is 10.3. The fourth-order valence-electron chi connectivity index (χ4n) is 4.34. The van der Waals surface area contributed by atoms with Gasteiger partial charge in [0.05, 0.1) is 39.3 Å². The van der Waals surface area contributed by atoms with Gasteiger partial charge in [0.25, 0.3) is 10.0 Å². The number of hydrogen-bond acceptors (Lipinski definition) is 7. The van der Waals surface area contributed by atoms with Gasteiger partial charge >= 0.3 is 4.87 Å². The summed E-state index contributed by atoms with van der Waals surface area (Å²) in [4.78, 5) is 12.4. The Labute approximate surface area is 229 Å². The molecule has 0 bridgehead atoms. The van der Waals surface area contributed by atoms with Crippen LogP contribution in [0.3, 0.4) is 0 Å². The molecule has 1 aromatic heterocycles. The average molecular weight is 594 g/mol. The molecule has 4 aromatic rings. The summed E-state index contributed by atoms with van der Waals surface area (Å²) in [7, 11) is -6.54. The maximum Gasteiger partial charge on any atom is 0.308 e. The number of aromatic nitrogens is 1. The highest BCUT2D eigenvalue weighted by Gasteiger charge is 2.28. The summed E-state index contributed by atoms with van der Waals surface area (Å²) < 4.78 is 63.9. The zero-order valence-corrected chi connectivity index (χ0v) is 23.5. The summed E-state index contributed by atoms with van der Waals surface area (Å²) >= 11 is 6.89. The molecule has 1 aliphatic rings. The number of methoxy groups -OCH3 is 1. The van der Waals surface area contributed by atoms with Crippen LogP contribution in [0.5, 0.6) is 5.75 Å². The van der Waals surface area contributed by atoms with Gasteiger partial charge < -0.3 is 4.74 Å². The molecule has 38 heavy (non-hydrogen) atoms. The molecule has 0 atom stereocenters. The molecule has 3 aromatic carbocycles. The van der Waals surface area contributed by atoms with Gasteiger partial charge in [-0.25, -0.2) is 16.8 Å². The summed E-state index contributed by atoms with van der Waals surface area (Å²) in [5, 5.41) is 0.592. The quantitative estimate of drug-likeness (QED) is 0.325. The molecule has 0 unspecified atom stereocenters. The molecule has 0 spiro atoms. The Kier molecular flexibility index (Phi) is 7.27. The number of anilines is 1. The molecule has 1 saturated heterocycles. The van der Waals surface area contributed by atoms with E-state index in [0.29, 0.717) is 34.9 Å². The summed E-state index contributed by atoms with van der Waals surface area (Å²) in [6.07, 6.45) is 1.57. The fourth-order valence-corrected chi connectivity index (χ4v) is 8.11. The van der Waals surface area contributed by atoms with Crippen LogP contribution in [0.4, 0.5) is 5.69 Å². The van der Waals surface area contributed by atoms with E-state index in [4.69, 9.17) is 16.3 Å². The summed E-state index contributed by atoms with van der Waals surface area (Å²) in [5.41, 5.74) is 1.48. The van der Waals surface area contributed by atoms with Gasteiger partial charge in [-0.3, -0.25) is 14.1 Å². The zero-order valence-electron chi connectivity index (χ0n) is 20.3. The van der Waals surface area contributed by atoms with E-state index in [9.17, 15) is 21.6 Å². The van der Waals surface area contributed by atoms with E-state index in [-0.39, 0.29) is 26.1 Å². The Balaban J connectivity index is 1.46. The number of rotatable bonds is 8. The topological polar surface area (TPSA) is 115 Å². The van der Waals surface area contributed by atoms with Crippen LogP contribution < -0.4 is 14.3 Å². The lowest BCUT2D eigenvalue weighted by Gasteiger charge is -2.18. The van der Waals surface area contributed by atoms with Crippen LogP contribution in [-0.2, 0) is 26.6 Å². The van der Waals surface area contributed by atoms with Crippen LogP contribution in [0.25, 0.3) is 10.2 Å². The maximum absolute atomic E-state index is 13.3. The summed E-state index contributed by atoms with van der Waals surface area (Å²) in [6, 6.07) is 15.7. The lowest BCUT2D eigenvalue weighted by atomic mass is 10.2. The van der Waals surface area contributed by atoms with Gasteiger partial charge in [-0.2, -0.15) is 4.31 Å². The van der Waals surface area contributed by atoms with Gasteiger partial charge in [-0.15, -0.1) is 0 Å². The van der Waals surface area contributed by atoms with Gasteiger partial charge in [-0.05, 0) is 66.9 Å². The number of nitrogens with zero attached hydrogens (tertiary/aromatic N) is 2. The monoisotopic (exact) mass is 593 g/mol. The van der Waals surface area contributed by atoms with Crippen LogP contribution in [0, 0.1) is 0 Å². The zero-order chi connectivity index (χ0) is 27.1. The van der Waals surface area contributed by atoms with Crippen molar-refractivity contribution < 1.29 is 21.6 Å². The molecule has 2 heterocycles. The Morgan fingerprint density at radius 2 is 1.63 bits per heavy atom. The lowest BCUT2D eigenvalue weighted by Crippen LogP contribution is -2.28. The normalized spacial score (nSPS) is 14.7. The number of nitrogens with one attached hydrogen (secondary N) is 1. The van der Waals surface area contributed by atoms with Crippen LogP contribution in [-0.4, -0.2) is 45.9 Å². The van der Waals surface area contributed by atoms with Crippen molar-refractivity contribution >= 4 is 58.9 Å². The molecule has 0 saturated carbocycles. The van der Waals surface area contributed by atoms with Gasteiger partial charge in [-0.1, -0.05) is 35.1 Å². The number of benzene rings is 3. The predicted octanol–water partition coefficient (Wildman–Crippen LogP) is 4.36. The van der Waals surface area contributed by atoms with Crippen LogP contribution in [0.2, 0.25) is 5.02 Å². The molecular weight excluding hydrogens is 570 g/mol. The SMILES string of the molecule is COc1ccc(S(=O)(=O)N2CCCC2)cc1NS(=O)(=O)c1ccc2c(c1)sc(=O)n2Cc1ccc(Cl)cc1. The number of halogens is 1. The molecule has 200 valence electrons. The highest BCUT2D eigenvalue weighted by Crippen LogP contribution is 2.32. The van der Waals surface area contributed by atoms with Crippen LogP contribution in [0.1, 0.15) is 18.4 Å². The number of fused-ring (bicyclic) bond motifs is 1.